The van der Waals surface area contributed by atoms with Gasteiger partial charge < -0.3 is 10.2 Å². The van der Waals surface area contributed by atoms with Gasteiger partial charge in [0.1, 0.15) is 5.82 Å². The van der Waals surface area contributed by atoms with Crippen LogP contribution in [0.2, 0.25) is 0 Å². The van der Waals surface area contributed by atoms with Crippen molar-refractivity contribution in [3.05, 3.63) is 18.3 Å². The van der Waals surface area contributed by atoms with Gasteiger partial charge in [-0.05, 0) is 43.2 Å². The first-order valence-electron chi connectivity index (χ1n) is 7.07. The number of carbonyl (C=O) groups is 1. The maximum Gasteiger partial charge on any atom is 0.227 e. The van der Waals surface area contributed by atoms with Crippen molar-refractivity contribution in [3.63, 3.8) is 0 Å². The number of nitrogens with zero attached hydrogens (tertiary/aromatic N) is 2. The number of pyridine rings is 1. The maximum atomic E-state index is 12.3. The van der Waals surface area contributed by atoms with E-state index in [-0.39, 0.29) is 11.8 Å². The fourth-order valence-corrected chi connectivity index (χ4v) is 3.53. The summed E-state index contributed by atoms with van der Waals surface area (Å²) in [6, 6.07) is 3.85. The molecule has 1 aromatic rings. The second-order valence-corrected chi connectivity index (χ2v) is 6.07. The lowest BCUT2D eigenvalue weighted by Crippen LogP contribution is -2.27. The van der Waals surface area contributed by atoms with Crippen LogP contribution in [0.25, 0.3) is 0 Å². The van der Waals surface area contributed by atoms with Crippen LogP contribution in [0.5, 0.6) is 0 Å². The van der Waals surface area contributed by atoms with Crippen molar-refractivity contribution in [2.24, 2.45) is 17.8 Å². The number of hydrogen-bond donors (Lipinski definition) is 1. The van der Waals surface area contributed by atoms with E-state index in [9.17, 15) is 4.79 Å². The maximum absolute atomic E-state index is 12.3. The molecule has 19 heavy (non-hydrogen) atoms. The summed E-state index contributed by atoms with van der Waals surface area (Å²) in [6.07, 6.45) is 6.64. The van der Waals surface area contributed by atoms with Gasteiger partial charge >= 0.3 is 0 Å². The quantitative estimate of drug-likeness (QED) is 0.907. The normalized spacial score (nSPS) is 28.4. The second kappa shape index (κ2) is 4.83. The molecule has 1 aromatic heterocycles. The van der Waals surface area contributed by atoms with Crippen LogP contribution in [-0.4, -0.2) is 25.0 Å². The Labute approximate surface area is 114 Å². The third kappa shape index (κ3) is 2.44. The number of rotatable bonds is 3. The average molecular weight is 259 g/mol. The summed E-state index contributed by atoms with van der Waals surface area (Å²) in [5, 5.41) is 3.01. The lowest BCUT2D eigenvalue weighted by Gasteiger charge is -2.20. The van der Waals surface area contributed by atoms with Gasteiger partial charge in [0.15, 0.2) is 0 Å². The predicted octanol–water partition coefficient (Wildman–Crippen LogP) is 2.52. The number of carbonyl (C=O) groups excluding carboxylic acids is 1. The van der Waals surface area contributed by atoms with Crippen molar-refractivity contribution in [1.29, 1.82) is 0 Å². The Balaban J connectivity index is 1.63. The molecule has 1 amide bonds. The van der Waals surface area contributed by atoms with E-state index in [1.165, 1.54) is 19.3 Å². The molecule has 0 spiro atoms. The number of fused-ring (bicyclic) bond motifs is 2. The summed E-state index contributed by atoms with van der Waals surface area (Å²) < 4.78 is 0. The van der Waals surface area contributed by atoms with E-state index < -0.39 is 0 Å². The predicted molar refractivity (Wildman–Crippen MR) is 76.1 cm³/mol. The molecule has 0 aliphatic heterocycles. The third-order valence-electron chi connectivity index (χ3n) is 4.55. The molecule has 2 fully saturated rings. The molecule has 0 radical (unpaired) electrons. The zero-order valence-electron chi connectivity index (χ0n) is 11.6. The third-order valence-corrected chi connectivity index (χ3v) is 4.55. The van der Waals surface area contributed by atoms with E-state index in [4.69, 9.17) is 0 Å². The highest BCUT2D eigenvalue weighted by atomic mass is 16.1. The molecule has 3 rings (SSSR count). The van der Waals surface area contributed by atoms with Crippen LogP contribution < -0.4 is 10.2 Å². The Morgan fingerprint density at radius 2 is 2.16 bits per heavy atom. The molecular weight excluding hydrogens is 238 g/mol. The van der Waals surface area contributed by atoms with Crippen molar-refractivity contribution in [1.82, 2.24) is 4.98 Å². The minimum atomic E-state index is 0.187. The molecule has 102 valence electrons. The highest BCUT2D eigenvalue weighted by Gasteiger charge is 2.42. The molecule has 2 bridgehead atoms. The van der Waals surface area contributed by atoms with Gasteiger partial charge in [0.05, 0.1) is 11.9 Å². The summed E-state index contributed by atoms with van der Waals surface area (Å²) in [4.78, 5) is 18.5. The van der Waals surface area contributed by atoms with Gasteiger partial charge in [-0.3, -0.25) is 4.79 Å². The lowest BCUT2D eigenvalue weighted by atomic mass is 9.88. The molecule has 0 aromatic carbocycles. The topological polar surface area (TPSA) is 45.2 Å². The highest BCUT2D eigenvalue weighted by molar-refractivity contribution is 5.93. The van der Waals surface area contributed by atoms with Crippen LogP contribution in [0.1, 0.15) is 25.7 Å². The van der Waals surface area contributed by atoms with Crippen molar-refractivity contribution >= 4 is 17.4 Å². The van der Waals surface area contributed by atoms with E-state index in [1.54, 1.807) is 6.20 Å². The lowest BCUT2D eigenvalue weighted by molar-refractivity contribution is -0.121. The minimum Gasteiger partial charge on any atom is -0.363 e. The monoisotopic (exact) mass is 259 g/mol. The Hall–Kier alpha value is -1.58. The molecule has 2 aliphatic rings. The summed E-state index contributed by atoms with van der Waals surface area (Å²) in [5.41, 5.74) is 0.804. The van der Waals surface area contributed by atoms with Crippen molar-refractivity contribution in [3.8, 4) is 0 Å². The van der Waals surface area contributed by atoms with Crippen molar-refractivity contribution in [2.45, 2.75) is 25.7 Å². The Morgan fingerprint density at radius 3 is 2.68 bits per heavy atom. The number of nitrogens with one attached hydrogen (secondary N) is 1. The number of anilines is 2. The van der Waals surface area contributed by atoms with Crippen LogP contribution in [0, 0.1) is 17.8 Å². The smallest absolute Gasteiger partial charge is 0.227 e. The van der Waals surface area contributed by atoms with Crippen LogP contribution in [-0.2, 0) is 4.79 Å². The molecule has 4 nitrogen and oxygen atoms in total. The molecule has 4 heteroatoms. The van der Waals surface area contributed by atoms with Gasteiger partial charge in [-0.1, -0.05) is 6.42 Å². The summed E-state index contributed by atoms with van der Waals surface area (Å²) >= 11 is 0. The van der Waals surface area contributed by atoms with Gasteiger partial charge in [0.2, 0.25) is 5.91 Å². The fourth-order valence-electron chi connectivity index (χ4n) is 3.53. The number of aromatic nitrogens is 1. The van der Waals surface area contributed by atoms with Crippen LogP contribution in [0.4, 0.5) is 11.5 Å². The van der Waals surface area contributed by atoms with Gasteiger partial charge in [-0.25, -0.2) is 4.98 Å². The Kier molecular flexibility index (Phi) is 3.17. The van der Waals surface area contributed by atoms with Crippen molar-refractivity contribution in [2.75, 3.05) is 24.3 Å². The van der Waals surface area contributed by atoms with Gasteiger partial charge in [0.25, 0.3) is 0 Å². The number of amides is 1. The second-order valence-electron chi connectivity index (χ2n) is 6.07. The number of hydrogen-bond acceptors (Lipinski definition) is 3. The molecule has 2 saturated carbocycles. The molecule has 0 saturated heterocycles. The van der Waals surface area contributed by atoms with Crippen LogP contribution in [0.3, 0.4) is 0 Å². The van der Waals surface area contributed by atoms with Gasteiger partial charge in [-0.15, -0.1) is 0 Å². The van der Waals surface area contributed by atoms with Gasteiger partial charge in [0, 0.05) is 20.0 Å². The minimum absolute atomic E-state index is 0.187. The van der Waals surface area contributed by atoms with E-state index in [0.717, 1.165) is 23.8 Å². The largest absolute Gasteiger partial charge is 0.363 e. The summed E-state index contributed by atoms with van der Waals surface area (Å²) in [6.45, 7) is 0. The molecule has 1 heterocycles. The first-order valence-corrected chi connectivity index (χ1v) is 7.07. The average Bonchev–Trinajstić information content (AvgIpc) is 3.01. The first-order chi connectivity index (χ1) is 9.13. The van der Waals surface area contributed by atoms with E-state index in [0.29, 0.717) is 5.92 Å². The Morgan fingerprint density at radius 1 is 1.32 bits per heavy atom. The first kappa shape index (κ1) is 12.5. The molecular formula is C15H21N3O. The summed E-state index contributed by atoms with van der Waals surface area (Å²) in [7, 11) is 3.91. The van der Waals surface area contributed by atoms with Crippen LogP contribution in [0.15, 0.2) is 18.3 Å². The molecule has 3 atom stereocenters. The molecule has 1 N–H and O–H groups in total. The highest BCUT2D eigenvalue weighted by Crippen LogP contribution is 2.48. The fraction of sp³-hybridized carbons (Fsp3) is 0.600. The Bertz CT molecular complexity index is 469. The zero-order chi connectivity index (χ0) is 13.4. The SMILES string of the molecule is CN(C)c1ccc(NC(=O)[C@H]2C[C@H]3CC[C@H]2C3)cn1. The van der Waals surface area contributed by atoms with E-state index >= 15 is 0 Å². The van der Waals surface area contributed by atoms with E-state index in [2.05, 4.69) is 10.3 Å². The van der Waals surface area contributed by atoms with Crippen molar-refractivity contribution < 1.29 is 4.79 Å². The molecule has 2 aliphatic carbocycles. The van der Waals surface area contributed by atoms with Crippen LogP contribution >= 0.6 is 0 Å². The zero-order valence-corrected chi connectivity index (χ0v) is 11.6. The van der Waals surface area contributed by atoms with Gasteiger partial charge in [-0.2, -0.15) is 0 Å². The summed E-state index contributed by atoms with van der Waals surface area (Å²) in [5.74, 6) is 2.74. The molecule has 0 unspecified atom stereocenters. The standard InChI is InChI=1S/C15H21N3O/c1-18(2)14-6-5-12(9-16-14)17-15(19)13-8-10-3-4-11(13)7-10/h5-6,9-11,13H,3-4,7-8H2,1-2H3,(H,17,19)/t10-,11-,13-/m0/s1. The van der Waals surface area contributed by atoms with E-state index in [1.807, 2.05) is 31.1 Å².